The third kappa shape index (κ3) is 0.586. The number of nitrogens with one attached hydrogen (secondary N) is 1. The molecule has 2 aromatic heterocycles. The van der Waals surface area contributed by atoms with Crippen molar-refractivity contribution >= 4 is 11.0 Å². The van der Waals surface area contributed by atoms with Gasteiger partial charge in [0.05, 0.1) is 5.39 Å². The zero-order valence-corrected chi connectivity index (χ0v) is 5.00. The highest BCUT2D eigenvalue weighted by Crippen LogP contribution is 2.09. The van der Waals surface area contributed by atoms with Crippen molar-refractivity contribution in [3.63, 3.8) is 0 Å². The number of nitrogens with zero attached hydrogens (tertiary/aromatic N) is 2. The number of rotatable bonds is 0. The van der Waals surface area contributed by atoms with Gasteiger partial charge in [0.25, 0.3) is 0 Å². The summed E-state index contributed by atoms with van der Waals surface area (Å²) in [6.07, 6.45) is 1.58. The Morgan fingerprint density at radius 3 is 3.20 bits per heavy atom. The SMILES string of the molecule is Fc1n[nH]c2ncccc12. The molecule has 0 aliphatic rings. The normalized spacial score (nSPS) is 10.5. The van der Waals surface area contributed by atoms with Crippen molar-refractivity contribution in [3.8, 4) is 0 Å². The van der Waals surface area contributed by atoms with Crippen molar-refractivity contribution in [2.75, 3.05) is 0 Å². The second-order valence-electron chi connectivity index (χ2n) is 1.91. The molecule has 2 heterocycles. The maximum atomic E-state index is 12.6. The topological polar surface area (TPSA) is 41.6 Å². The summed E-state index contributed by atoms with van der Waals surface area (Å²) in [6.45, 7) is 0. The van der Waals surface area contributed by atoms with Crippen molar-refractivity contribution in [2.24, 2.45) is 0 Å². The molecule has 0 fully saturated rings. The summed E-state index contributed by atoms with van der Waals surface area (Å²) < 4.78 is 12.6. The van der Waals surface area contributed by atoms with Crippen LogP contribution in [0.25, 0.3) is 11.0 Å². The van der Waals surface area contributed by atoms with Crippen LogP contribution in [0.4, 0.5) is 4.39 Å². The molecule has 2 rings (SSSR count). The third-order valence-corrected chi connectivity index (χ3v) is 1.29. The van der Waals surface area contributed by atoms with Gasteiger partial charge in [0.2, 0.25) is 5.95 Å². The van der Waals surface area contributed by atoms with E-state index in [2.05, 4.69) is 15.2 Å². The van der Waals surface area contributed by atoms with E-state index in [4.69, 9.17) is 0 Å². The highest BCUT2D eigenvalue weighted by atomic mass is 19.1. The van der Waals surface area contributed by atoms with Crippen LogP contribution in [-0.2, 0) is 0 Å². The summed E-state index contributed by atoms with van der Waals surface area (Å²) in [5.74, 6) is -0.497. The fourth-order valence-corrected chi connectivity index (χ4v) is 0.823. The molecule has 0 spiro atoms. The van der Waals surface area contributed by atoms with E-state index in [9.17, 15) is 4.39 Å². The molecule has 0 amide bonds. The van der Waals surface area contributed by atoms with Crippen LogP contribution < -0.4 is 0 Å². The fraction of sp³-hybridized carbons (Fsp3) is 0. The van der Waals surface area contributed by atoms with E-state index in [1.54, 1.807) is 18.3 Å². The number of hydrogen-bond donors (Lipinski definition) is 1. The minimum atomic E-state index is -0.497. The molecule has 50 valence electrons. The Morgan fingerprint density at radius 1 is 1.50 bits per heavy atom. The molecule has 0 saturated heterocycles. The van der Waals surface area contributed by atoms with Gasteiger partial charge in [0, 0.05) is 6.20 Å². The molecule has 0 saturated carbocycles. The third-order valence-electron chi connectivity index (χ3n) is 1.29. The lowest BCUT2D eigenvalue weighted by Gasteiger charge is -1.81. The molecule has 1 N–H and O–H groups in total. The van der Waals surface area contributed by atoms with Crippen LogP contribution in [-0.4, -0.2) is 15.2 Å². The second-order valence-corrected chi connectivity index (χ2v) is 1.91. The van der Waals surface area contributed by atoms with Crippen molar-refractivity contribution in [2.45, 2.75) is 0 Å². The number of pyridine rings is 1. The number of H-pyrrole nitrogens is 1. The zero-order valence-electron chi connectivity index (χ0n) is 5.00. The largest absolute Gasteiger partial charge is 0.258 e. The van der Waals surface area contributed by atoms with Gasteiger partial charge >= 0.3 is 0 Å². The molecule has 3 nitrogen and oxygen atoms in total. The summed E-state index contributed by atoms with van der Waals surface area (Å²) in [5, 5.41) is 6.23. The first kappa shape index (κ1) is 5.34. The molecule has 0 radical (unpaired) electrons. The van der Waals surface area contributed by atoms with Crippen LogP contribution in [0.15, 0.2) is 18.3 Å². The molecular formula is C6H4FN3. The van der Waals surface area contributed by atoms with Crippen LogP contribution in [0.3, 0.4) is 0 Å². The lowest BCUT2D eigenvalue weighted by molar-refractivity contribution is 0.588. The summed E-state index contributed by atoms with van der Waals surface area (Å²) in [5.41, 5.74) is 0.486. The molecule has 0 atom stereocenters. The number of halogens is 1. The Hall–Kier alpha value is -1.45. The van der Waals surface area contributed by atoms with Gasteiger partial charge in [-0.1, -0.05) is 0 Å². The van der Waals surface area contributed by atoms with Crippen molar-refractivity contribution in [3.05, 3.63) is 24.3 Å². The average Bonchev–Trinajstić information content (AvgIpc) is 2.34. The van der Waals surface area contributed by atoms with E-state index in [-0.39, 0.29) is 0 Å². The van der Waals surface area contributed by atoms with E-state index >= 15 is 0 Å². The highest BCUT2D eigenvalue weighted by Gasteiger charge is 2.01. The van der Waals surface area contributed by atoms with Gasteiger partial charge in [-0.05, 0) is 12.1 Å². The van der Waals surface area contributed by atoms with E-state index in [0.717, 1.165) is 0 Å². The first-order valence-corrected chi connectivity index (χ1v) is 2.82. The van der Waals surface area contributed by atoms with Crippen LogP contribution in [0, 0.1) is 5.95 Å². The van der Waals surface area contributed by atoms with E-state index < -0.39 is 5.95 Å². The van der Waals surface area contributed by atoms with Crippen molar-refractivity contribution < 1.29 is 4.39 Å². The predicted molar refractivity (Wildman–Crippen MR) is 33.8 cm³/mol. The number of aromatic nitrogens is 3. The van der Waals surface area contributed by atoms with E-state index in [0.29, 0.717) is 11.0 Å². The molecule has 0 unspecified atom stereocenters. The first-order valence-electron chi connectivity index (χ1n) is 2.82. The zero-order chi connectivity index (χ0) is 6.97. The lowest BCUT2D eigenvalue weighted by atomic mass is 10.4. The molecule has 10 heavy (non-hydrogen) atoms. The molecule has 4 heteroatoms. The van der Waals surface area contributed by atoms with Crippen LogP contribution in [0.2, 0.25) is 0 Å². The van der Waals surface area contributed by atoms with Gasteiger partial charge in [-0.2, -0.15) is 4.39 Å². The van der Waals surface area contributed by atoms with Gasteiger partial charge in [-0.3, -0.25) is 5.10 Å². The smallest absolute Gasteiger partial charge is 0.241 e. The summed E-state index contributed by atoms with van der Waals surface area (Å²) in [6, 6.07) is 3.29. The van der Waals surface area contributed by atoms with Crippen molar-refractivity contribution in [1.82, 2.24) is 15.2 Å². The lowest BCUT2D eigenvalue weighted by Crippen LogP contribution is -1.72. The van der Waals surface area contributed by atoms with Gasteiger partial charge in [0.1, 0.15) is 0 Å². The minimum absolute atomic E-state index is 0.433. The standard InChI is InChI=1S/C6H4FN3/c7-5-4-2-1-3-8-6(4)10-9-5/h1-3H,(H,8,9,10). The molecular weight excluding hydrogens is 133 g/mol. The van der Waals surface area contributed by atoms with Crippen LogP contribution in [0.1, 0.15) is 0 Å². The maximum absolute atomic E-state index is 12.6. The Kier molecular flexibility index (Phi) is 0.943. The van der Waals surface area contributed by atoms with Gasteiger partial charge < -0.3 is 0 Å². The predicted octanol–water partition coefficient (Wildman–Crippen LogP) is 1.10. The molecule has 0 aromatic carbocycles. The first-order chi connectivity index (χ1) is 4.88. The highest BCUT2D eigenvalue weighted by molar-refractivity contribution is 5.73. The fourth-order valence-electron chi connectivity index (χ4n) is 0.823. The number of aromatic amines is 1. The van der Waals surface area contributed by atoms with Gasteiger partial charge in [-0.25, -0.2) is 4.98 Å². The molecule has 2 aromatic rings. The van der Waals surface area contributed by atoms with Crippen LogP contribution >= 0.6 is 0 Å². The van der Waals surface area contributed by atoms with Gasteiger partial charge in [0.15, 0.2) is 5.65 Å². The van der Waals surface area contributed by atoms with E-state index in [1.807, 2.05) is 0 Å². The number of hydrogen-bond acceptors (Lipinski definition) is 2. The van der Waals surface area contributed by atoms with Crippen LogP contribution in [0.5, 0.6) is 0 Å². The monoisotopic (exact) mass is 137 g/mol. The Labute approximate surface area is 55.9 Å². The number of fused-ring (bicyclic) bond motifs is 1. The summed E-state index contributed by atoms with van der Waals surface area (Å²) >= 11 is 0. The molecule has 0 aliphatic carbocycles. The Morgan fingerprint density at radius 2 is 2.40 bits per heavy atom. The maximum Gasteiger partial charge on any atom is 0.241 e. The minimum Gasteiger partial charge on any atom is -0.258 e. The van der Waals surface area contributed by atoms with Crippen molar-refractivity contribution in [1.29, 1.82) is 0 Å². The summed E-state index contributed by atoms with van der Waals surface area (Å²) in [7, 11) is 0. The summed E-state index contributed by atoms with van der Waals surface area (Å²) in [4.78, 5) is 3.84. The van der Waals surface area contributed by atoms with E-state index in [1.165, 1.54) is 0 Å². The second kappa shape index (κ2) is 1.76. The Bertz CT molecular complexity index is 355. The van der Waals surface area contributed by atoms with Gasteiger partial charge in [-0.15, -0.1) is 5.10 Å². The molecule has 0 aliphatic heterocycles. The molecule has 0 bridgehead atoms. The Balaban J connectivity index is 2.93. The quantitative estimate of drug-likeness (QED) is 0.590. The average molecular weight is 137 g/mol.